The first kappa shape index (κ1) is 14.8. The quantitative estimate of drug-likeness (QED) is 0.898. The van der Waals surface area contributed by atoms with Gasteiger partial charge in [0.1, 0.15) is 0 Å². The zero-order chi connectivity index (χ0) is 14.8. The molecule has 2 heterocycles. The topological polar surface area (TPSA) is 44.4 Å². The van der Waals surface area contributed by atoms with Crippen LogP contribution < -0.4 is 10.6 Å². The molecule has 0 aliphatic carbocycles. The Labute approximate surface area is 130 Å². The van der Waals surface area contributed by atoms with Crippen LogP contribution in [0.2, 0.25) is 5.02 Å². The Morgan fingerprint density at radius 3 is 2.76 bits per heavy atom. The lowest BCUT2D eigenvalue weighted by Crippen LogP contribution is -2.48. The predicted molar refractivity (Wildman–Crippen MR) is 85.7 cm³/mol. The minimum absolute atomic E-state index is 0.0191. The summed E-state index contributed by atoms with van der Waals surface area (Å²) < 4.78 is 0. The van der Waals surface area contributed by atoms with Gasteiger partial charge in [-0.15, -0.1) is 0 Å². The summed E-state index contributed by atoms with van der Waals surface area (Å²) in [5, 5.41) is 7.18. The number of rotatable bonds is 4. The average molecular weight is 308 g/mol. The minimum atomic E-state index is 0.0191. The molecule has 5 heteroatoms. The maximum Gasteiger partial charge on any atom is 0.238 e. The second kappa shape index (κ2) is 6.34. The van der Waals surface area contributed by atoms with E-state index in [1.807, 2.05) is 19.2 Å². The van der Waals surface area contributed by atoms with Crippen molar-refractivity contribution in [1.29, 1.82) is 0 Å². The number of hydrogen-bond acceptors (Lipinski definition) is 3. The summed E-state index contributed by atoms with van der Waals surface area (Å²) in [5.74, 6) is 0.0191. The first-order valence-corrected chi connectivity index (χ1v) is 7.99. The number of amides is 1. The highest BCUT2D eigenvalue weighted by atomic mass is 35.5. The van der Waals surface area contributed by atoms with Crippen molar-refractivity contribution in [1.82, 2.24) is 10.2 Å². The summed E-state index contributed by atoms with van der Waals surface area (Å²) >= 11 is 5.93. The SMILES string of the molecule is CN(CC(=O)Nc1cccc(Cl)c1)C1CC2CCC(C1)N2. The Morgan fingerprint density at radius 2 is 2.10 bits per heavy atom. The van der Waals surface area contributed by atoms with Gasteiger partial charge in [0.25, 0.3) is 0 Å². The number of anilines is 1. The third-order valence-electron chi connectivity index (χ3n) is 4.57. The van der Waals surface area contributed by atoms with Gasteiger partial charge in [-0.05, 0) is 50.9 Å². The van der Waals surface area contributed by atoms with Crippen molar-refractivity contribution in [3.8, 4) is 0 Å². The van der Waals surface area contributed by atoms with Gasteiger partial charge in [0.05, 0.1) is 6.54 Å². The highest BCUT2D eigenvalue weighted by Crippen LogP contribution is 2.29. The fourth-order valence-electron chi connectivity index (χ4n) is 3.51. The molecule has 2 fully saturated rings. The van der Waals surface area contributed by atoms with Crippen LogP contribution in [0.1, 0.15) is 25.7 Å². The number of nitrogens with zero attached hydrogens (tertiary/aromatic N) is 1. The number of halogens is 1. The Hall–Kier alpha value is -1.10. The van der Waals surface area contributed by atoms with Crippen molar-refractivity contribution in [3.63, 3.8) is 0 Å². The van der Waals surface area contributed by atoms with E-state index in [1.165, 1.54) is 12.8 Å². The number of nitrogens with one attached hydrogen (secondary N) is 2. The number of piperidine rings is 1. The summed E-state index contributed by atoms with van der Waals surface area (Å²) in [6.07, 6.45) is 4.86. The molecular weight excluding hydrogens is 286 g/mol. The number of carbonyl (C=O) groups excluding carboxylic acids is 1. The van der Waals surface area contributed by atoms with E-state index in [1.54, 1.807) is 12.1 Å². The van der Waals surface area contributed by atoms with Gasteiger partial charge in [-0.1, -0.05) is 17.7 Å². The third-order valence-corrected chi connectivity index (χ3v) is 4.81. The highest BCUT2D eigenvalue weighted by Gasteiger charge is 2.35. The second-order valence-electron chi connectivity index (χ2n) is 6.24. The van der Waals surface area contributed by atoms with Crippen LogP contribution in [0.3, 0.4) is 0 Å². The van der Waals surface area contributed by atoms with Gasteiger partial charge >= 0.3 is 0 Å². The molecule has 2 saturated heterocycles. The van der Waals surface area contributed by atoms with E-state index in [4.69, 9.17) is 11.6 Å². The van der Waals surface area contributed by atoms with Crippen LogP contribution in [0.15, 0.2) is 24.3 Å². The summed E-state index contributed by atoms with van der Waals surface area (Å²) in [7, 11) is 2.05. The average Bonchev–Trinajstić information content (AvgIpc) is 2.77. The molecule has 2 aliphatic heterocycles. The standard InChI is InChI=1S/C16H22ClN3O/c1-20(15-8-13-5-6-14(9-15)18-13)10-16(21)19-12-4-2-3-11(17)7-12/h2-4,7,13-15,18H,5-6,8-10H2,1H3,(H,19,21). The van der Waals surface area contributed by atoms with Crippen molar-refractivity contribution in [2.75, 3.05) is 18.9 Å². The van der Waals surface area contributed by atoms with Crippen molar-refractivity contribution in [2.45, 2.75) is 43.8 Å². The number of fused-ring (bicyclic) bond motifs is 2. The molecule has 1 amide bonds. The molecule has 0 radical (unpaired) electrons. The second-order valence-corrected chi connectivity index (χ2v) is 6.67. The van der Waals surface area contributed by atoms with Gasteiger partial charge in [-0.3, -0.25) is 9.69 Å². The van der Waals surface area contributed by atoms with Crippen LogP contribution in [-0.2, 0) is 4.79 Å². The lowest BCUT2D eigenvalue weighted by molar-refractivity contribution is -0.117. The van der Waals surface area contributed by atoms with Crippen molar-refractivity contribution in [2.24, 2.45) is 0 Å². The van der Waals surface area contributed by atoms with E-state index in [0.717, 1.165) is 18.5 Å². The van der Waals surface area contributed by atoms with Crippen LogP contribution in [0.25, 0.3) is 0 Å². The monoisotopic (exact) mass is 307 g/mol. The van der Waals surface area contributed by atoms with Crippen molar-refractivity contribution >= 4 is 23.2 Å². The van der Waals surface area contributed by atoms with Gasteiger partial charge in [-0.2, -0.15) is 0 Å². The highest BCUT2D eigenvalue weighted by molar-refractivity contribution is 6.30. The molecule has 0 spiro atoms. The van der Waals surface area contributed by atoms with E-state index < -0.39 is 0 Å². The molecule has 2 unspecified atom stereocenters. The molecule has 2 bridgehead atoms. The van der Waals surface area contributed by atoms with Crippen LogP contribution in [0.4, 0.5) is 5.69 Å². The molecule has 2 aliphatic rings. The van der Waals surface area contributed by atoms with Gasteiger partial charge in [-0.25, -0.2) is 0 Å². The molecule has 114 valence electrons. The summed E-state index contributed by atoms with van der Waals surface area (Å²) in [6.45, 7) is 0.427. The van der Waals surface area contributed by atoms with Crippen molar-refractivity contribution < 1.29 is 4.79 Å². The van der Waals surface area contributed by atoms with Crippen LogP contribution in [-0.4, -0.2) is 42.5 Å². The summed E-state index contributed by atoms with van der Waals surface area (Å²) in [4.78, 5) is 14.3. The molecule has 1 aromatic carbocycles. The summed E-state index contributed by atoms with van der Waals surface area (Å²) in [6, 6.07) is 9.06. The van der Waals surface area contributed by atoms with Gasteiger partial charge < -0.3 is 10.6 Å². The van der Waals surface area contributed by atoms with Crippen LogP contribution in [0.5, 0.6) is 0 Å². The van der Waals surface area contributed by atoms with Gasteiger partial charge in [0, 0.05) is 28.8 Å². The number of hydrogen-bond donors (Lipinski definition) is 2. The Morgan fingerprint density at radius 1 is 1.38 bits per heavy atom. The fraction of sp³-hybridized carbons (Fsp3) is 0.562. The van der Waals surface area contributed by atoms with E-state index in [-0.39, 0.29) is 5.91 Å². The normalized spacial score (nSPS) is 27.9. The van der Waals surface area contributed by atoms with Crippen LogP contribution >= 0.6 is 11.6 Å². The van der Waals surface area contributed by atoms with E-state index in [9.17, 15) is 4.79 Å². The van der Waals surface area contributed by atoms with E-state index in [0.29, 0.717) is 29.7 Å². The smallest absolute Gasteiger partial charge is 0.238 e. The van der Waals surface area contributed by atoms with E-state index in [2.05, 4.69) is 15.5 Å². The predicted octanol–water partition coefficient (Wildman–Crippen LogP) is 2.49. The molecule has 21 heavy (non-hydrogen) atoms. The molecule has 2 atom stereocenters. The first-order valence-electron chi connectivity index (χ1n) is 7.62. The Kier molecular flexibility index (Phi) is 4.48. The lowest BCUT2D eigenvalue weighted by Gasteiger charge is -2.35. The van der Waals surface area contributed by atoms with Crippen LogP contribution in [0, 0.1) is 0 Å². The van der Waals surface area contributed by atoms with Gasteiger partial charge in [0.15, 0.2) is 0 Å². The van der Waals surface area contributed by atoms with Crippen molar-refractivity contribution in [3.05, 3.63) is 29.3 Å². The lowest BCUT2D eigenvalue weighted by atomic mass is 9.98. The molecule has 0 saturated carbocycles. The molecule has 1 aromatic rings. The zero-order valence-electron chi connectivity index (χ0n) is 12.3. The third kappa shape index (κ3) is 3.76. The molecular formula is C16H22ClN3O. The largest absolute Gasteiger partial charge is 0.325 e. The minimum Gasteiger partial charge on any atom is -0.325 e. The van der Waals surface area contributed by atoms with E-state index >= 15 is 0 Å². The van der Waals surface area contributed by atoms with Gasteiger partial charge in [0.2, 0.25) is 5.91 Å². The Bertz CT molecular complexity index is 510. The maximum atomic E-state index is 12.1. The molecule has 0 aromatic heterocycles. The molecule has 2 N–H and O–H groups in total. The molecule has 4 nitrogen and oxygen atoms in total. The summed E-state index contributed by atoms with van der Waals surface area (Å²) in [5.41, 5.74) is 0.756. The number of likely N-dealkylation sites (N-methyl/N-ethyl adjacent to an activating group) is 1. The fourth-order valence-corrected chi connectivity index (χ4v) is 3.70. The first-order chi connectivity index (χ1) is 10.1. The Balaban J connectivity index is 1.52. The maximum absolute atomic E-state index is 12.1. The number of carbonyl (C=O) groups is 1. The number of benzene rings is 1. The molecule has 3 rings (SSSR count). The zero-order valence-corrected chi connectivity index (χ0v) is 13.1.